The molecular formula is C10H15F3N2O3. The van der Waals surface area contributed by atoms with E-state index in [0.29, 0.717) is 12.8 Å². The maximum Gasteiger partial charge on any atom is 0.422 e. The van der Waals surface area contributed by atoms with Gasteiger partial charge >= 0.3 is 12.3 Å². The molecule has 0 saturated carbocycles. The van der Waals surface area contributed by atoms with Crippen LogP contribution in [0.3, 0.4) is 0 Å². The lowest BCUT2D eigenvalue weighted by molar-refractivity contribution is -0.162. The standard InChI is InChI=1S/C10H15F3N2O3/c1-14(2)8(16)7-4-3-5-15(7)9(17)18-6-10(11,12)13/h7H,3-6H2,1-2H3/t7-/m0/s1. The van der Waals surface area contributed by atoms with E-state index in [1.54, 1.807) is 0 Å². The van der Waals surface area contributed by atoms with Crippen molar-refractivity contribution in [3.63, 3.8) is 0 Å². The molecule has 0 bridgehead atoms. The molecule has 0 radical (unpaired) electrons. The van der Waals surface area contributed by atoms with E-state index in [1.165, 1.54) is 19.0 Å². The summed E-state index contributed by atoms with van der Waals surface area (Å²) in [6, 6.07) is -0.722. The SMILES string of the molecule is CN(C)C(=O)[C@@H]1CCCN1C(=O)OCC(F)(F)F. The van der Waals surface area contributed by atoms with Gasteiger partial charge < -0.3 is 9.64 Å². The van der Waals surface area contributed by atoms with Crippen LogP contribution in [0.25, 0.3) is 0 Å². The molecule has 1 saturated heterocycles. The Morgan fingerprint density at radius 2 is 2.00 bits per heavy atom. The smallest absolute Gasteiger partial charge is 0.422 e. The van der Waals surface area contributed by atoms with Gasteiger partial charge in [-0.15, -0.1) is 0 Å². The molecule has 1 atom stereocenters. The van der Waals surface area contributed by atoms with Crippen molar-refractivity contribution in [1.29, 1.82) is 0 Å². The minimum Gasteiger partial charge on any atom is -0.440 e. The molecule has 0 N–H and O–H groups in total. The molecule has 1 rings (SSSR count). The molecule has 0 unspecified atom stereocenters. The number of rotatable bonds is 2. The maximum absolute atomic E-state index is 11.9. The predicted molar refractivity (Wildman–Crippen MR) is 55.8 cm³/mol. The Morgan fingerprint density at radius 1 is 1.39 bits per heavy atom. The van der Waals surface area contributed by atoms with Gasteiger partial charge in [0.05, 0.1) is 0 Å². The van der Waals surface area contributed by atoms with Crippen molar-refractivity contribution in [3.8, 4) is 0 Å². The lowest BCUT2D eigenvalue weighted by Gasteiger charge is -2.25. The number of carbonyl (C=O) groups is 2. The summed E-state index contributed by atoms with van der Waals surface area (Å²) in [7, 11) is 3.06. The zero-order valence-electron chi connectivity index (χ0n) is 10.2. The molecule has 1 heterocycles. The van der Waals surface area contributed by atoms with Crippen LogP contribution in [-0.2, 0) is 9.53 Å². The van der Waals surface area contributed by atoms with Gasteiger partial charge in [-0.05, 0) is 12.8 Å². The highest BCUT2D eigenvalue weighted by Gasteiger charge is 2.38. The number of alkyl halides is 3. The summed E-state index contributed by atoms with van der Waals surface area (Å²) < 4.78 is 39.9. The zero-order chi connectivity index (χ0) is 13.9. The Morgan fingerprint density at radius 3 is 2.50 bits per heavy atom. The van der Waals surface area contributed by atoms with Crippen molar-refractivity contribution in [2.75, 3.05) is 27.2 Å². The van der Waals surface area contributed by atoms with Gasteiger partial charge in [-0.1, -0.05) is 0 Å². The number of amides is 2. The van der Waals surface area contributed by atoms with Gasteiger partial charge in [0.1, 0.15) is 6.04 Å². The molecule has 2 amide bonds. The second-order valence-electron chi connectivity index (χ2n) is 4.25. The molecule has 104 valence electrons. The van der Waals surface area contributed by atoms with Crippen LogP contribution in [-0.4, -0.2) is 61.3 Å². The fourth-order valence-corrected chi connectivity index (χ4v) is 1.77. The molecule has 18 heavy (non-hydrogen) atoms. The van der Waals surface area contributed by atoms with E-state index in [4.69, 9.17) is 0 Å². The Kier molecular flexibility index (Phi) is 4.42. The summed E-state index contributed by atoms with van der Waals surface area (Å²) in [6.07, 6.45) is -4.63. The summed E-state index contributed by atoms with van der Waals surface area (Å²) in [5.74, 6) is -0.309. The molecule has 0 aromatic rings. The van der Waals surface area contributed by atoms with Crippen LogP contribution in [0.15, 0.2) is 0 Å². The third-order valence-electron chi connectivity index (χ3n) is 2.57. The van der Waals surface area contributed by atoms with E-state index in [9.17, 15) is 22.8 Å². The molecule has 0 spiro atoms. The summed E-state index contributed by atoms with van der Waals surface area (Å²) >= 11 is 0. The van der Waals surface area contributed by atoms with Gasteiger partial charge in [0, 0.05) is 20.6 Å². The van der Waals surface area contributed by atoms with E-state index in [1.807, 2.05) is 0 Å². The number of likely N-dealkylation sites (N-methyl/N-ethyl adjacent to an activating group) is 1. The Hall–Kier alpha value is -1.47. The first kappa shape index (κ1) is 14.6. The Labute approximate surface area is 102 Å². The van der Waals surface area contributed by atoms with Gasteiger partial charge in [0.2, 0.25) is 5.91 Å². The van der Waals surface area contributed by atoms with Crippen LogP contribution in [0, 0.1) is 0 Å². The van der Waals surface area contributed by atoms with Gasteiger partial charge in [0.15, 0.2) is 6.61 Å². The third-order valence-corrected chi connectivity index (χ3v) is 2.57. The lowest BCUT2D eigenvalue weighted by Crippen LogP contribution is -2.46. The summed E-state index contributed by atoms with van der Waals surface area (Å²) in [5.41, 5.74) is 0. The lowest BCUT2D eigenvalue weighted by atomic mass is 10.2. The average molecular weight is 268 g/mol. The van der Waals surface area contributed by atoms with Crippen molar-refractivity contribution in [2.45, 2.75) is 25.1 Å². The van der Waals surface area contributed by atoms with E-state index < -0.39 is 24.9 Å². The summed E-state index contributed by atoms with van der Waals surface area (Å²) in [4.78, 5) is 25.5. The van der Waals surface area contributed by atoms with Crippen LogP contribution in [0.4, 0.5) is 18.0 Å². The van der Waals surface area contributed by atoms with Crippen LogP contribution < -0.4 is 0 Å². The Balaban J connectivity index is 2.59. The summed E-state index contributed by atoms with van der Waals surface area (Å²) in [6.45, 7) is -1.40. The largest absolute Gasteiger partial charge is 0.440 e. The third kappa shape index (κ3) is 3.78. The van der Waals surface area contributed by atoms with Crippen LogP contribution in [0.1, 0.15) is 12.8 Å². The number of hydrogen-bond donors (Lipinski definition) is 0. The predicted octanol–water partition coefficient (Wildman–Crippen LogP) is 1.24. The maximum atomic E-state index is 11.9. The number of carbonyl (C=O) groups excluding carboxylic acids is 2. The van der Waals surface area contributed by atoms with Gasteiger partial charge in [-0.3, -0.25) is 9.69 Å². The number of hydrogen-bond acceptors (Lipinski definition) is 3. The van der Waals surface area contributed by atoms with E-state index in [-0.39, 0.29) is 12.5 Å². The second-order valence-corrected chi connectivity index (χ2v) is 4.25. The van der Waals surface area contributed by atoms with Crippen LogP contribution in [0.5, 0.6) is 0 Å². The number of likely N-dealkylation sites (tertiary alicyclic amines) is 1. The normalized spacial score (nSPS) is 19.8. The minimum absolute atomic E-state index is 0.237. The molecule has 0 aromatic heterocycles. The van der Waals surface area contributed by atoms with E-state index in [2.05, 4.69) is 4.74 Å². The first-order valence-corrected chi connectivity index (χ1v) is 5.43. The molecule has 1 fully saturated rings. The topological polar surface area (TPSA) is 49.9 Å². The highest BCUT2D eigenvalue weighted by atomic mass is 19.4. The minimum atomic E-state index is -4.56. The molecule has 1 aliphatic rings. The second kappa shape index (κ2) is 5.45. The van der Waals surface area contributed by atoms with Gasteiger partial charge in [-0.2, -0.15) is 13.2 Å². The van der Waals surface area contributed by atoms with Gasteiger partial charge in [-0.25, -0.2) is 4.79 Å². The molecule has 5 nitrogen and oxygen atoms in total. The van der Waals surface area contributed by atoms with Crippen molar-refractivity contribution in [2.24, 2.45) is 0 Å². The molecule has 1 aliphatic heterocycles. The van der Waals surface area contributed by atoms with Crippen molar-refractivity contribution in [3.05, 3.63) is 0 Å². The average Bonchev–Trinajstić information content (AvgIpc) is 2.72. The zero-order valence-corrected chi connectivity index (χ0v) is 10.2. The van der Waals surface area contributed by atoms with Crippen LogP contribution >= 0.6 is 0 Å². The molecule has 0 aromatic carbocycles. The molecule has 0 aliphatic carbocycles. The van der Waals surface area contributed by atoms with Crippen molar-refractivity contribution < 1.29 is 27.5 Å². The van der Waals surface area contributed by atoms with E-state index in [0.717, 1.165) is 4.90 Å². The number of ether oxygens (including phenoxy) is 1. The summed E-state index contributed by atoms with van der Waals surface area (Å²) in [5, 5.41) is 0. The highest BCUT2D eigenvalue weighted by Crippen LogP contribution is 2.21. The number of nitrogens with zero attached hydrogens (tertiary/aromatic N) is 2. The quantitative estimate of drug-likeness (QED) is 0.757. The van der Waals surface area contributed by atoms with Gasteiger partial charge in [0.25, 0.3) is 0 Å². The van der Waals surface area contributed by atoms with Crippen LogP contribution in [0.2, 0.25) is 0 Å². The van der Waals surface area contributed by atoms with E-state index >= 15 is 0 Å². The fraction of sp³-hybridized carbons (Fsp3) is 0.800. The Bertz CT molecular complexity index is 331. The van der Waals surface area contributed by atoms with Crippen molar-refractivity contribution in [1.82, 2.24) is 9.80 Å². The molecule has 8 heteroatoms. The number of halogens is 3. The highest BCUT2D eigenvalue weighted by molar-refractivity contribution is 5.85. The van der Waals surface area contributed by atoms with Crippen molar-refractivity contribution >= 4 is 12.0 Å². The first-order chi connectivity index (χ1) is 8.22. The monoisotopic (exact) mass is 268 g/mol. The fourth-order valence-electron chi connectivity index (χ4n) is 1.77. The first-order valence-electron chi connectivity index (χ1n) is 5.43. The molecular weight excluding hydrogens is 253 g/mol.